The molecular weight excluding hydrogens is 372 g/mol. The van der Waals surface area contributed by atoms with Crippen molar-refractivity contribution in [2.45, 2.75) is 37.5 Å². The zero-order valence-electron chi connectivity index (χ0n) is 15.0. The van der Waals surface area contributed by atoms with Crippen LogP contribution in [0.25, 0.3) is 11.1 Å². The number of carbonyl (C=O) groups is 1. The van der Waals surface area contributed by atoms with Crippen molar-refractivity contribution in [1.82, 2.24) is 4.90 Å². The van der Waals surface area contributed by atoms with Crippen LogP contribution < -0.4 is 5.73 Å². The lowest BCUT2D eigenvalue weighted by Gasteiger charge is -2.27. The van der Waals surface area contributed by atoms with Gasteiger partial charge in [0.15, 0.2) is 0 Å². The monoisotopic (exact) mass is 392 g/mol. The summed E-state index contributed by atoms with van der Waals surface area (Å²) in [4.78, 5) is 13.9. The fourth-order valence-corrected chi connectivity index (χ4v) is 3.83. The van der Waals surface area contributed by atoms with E-state index in [4.69, 9.17) is 5.73 Å². The molecular formula is C21H20F4N2O. The van der Waals surface area contributed by atoms with Crippen LogP contribution >= 0.6 is 0 Å². The number of rotatable bonds is 4. The molecule has 148 valence electrons. The number of alkyl halides is 1. The van der Waals surface area contributed by atoms with Crippen molar-refractivity contribution in [3.05, 3.63) is 59.4 Å². The zero-order valence-corrected chi connectivity index (χ0v) is 15.0. The van der Waals surface area contributed by atoms with Gasteiger partial charge in [0.2, 0.25) is 5.91 Å². The van der Waals surface area contributed by atoms with Gasteiger partial charge >= 0.3 is 0 Å². The van der Waals surface area contributed by atoms with E-state index in [1.165, 1.54) is 23.1 Å². The third-order valence-electron chi connectivity index (χ3n) is 5.57. The van der Waals surface area contributed by atoms with Gasteiger partial charge in [0.25, 0.3) is 0 Å². The minimum atomic E-state index is -1.38. The quantitative estimate of drug-likeness (QED) is 0.809. The smallest absolute Gasteiger partial charge is 0.226 e. The van der Waals surface area contributed by atoms with Crippen molar-refractivity contribution in [3.63, 3.8) is 0 Å². The van der Waals surface area contributed by atoms with E-state index in [0.29, 0.717) is 0 Å². The van der Waals surface area contributed by atoms with Crippen LogP contribution in [-0.4, -0.2) is 35.6 Å². The summed E-state index contributed by atoms with van der Waals surface area (Å²) in [5.41, 5.74) is 5.87. The van der Waals surface area contributed by atoms with E-state index < -0.39 is 35.7 Å². The molecule has 2 aliphatic rings. The first-order valence-electron chi connectivity index (χ1n) is 9.29. The van der Waals surface area contributed by atoms with E-state index in [-0.39, 0.29) is 41.5 Å². The Hall–Kier alpha value is -2.41. The van der Waals surface area contributed by atoms with Crippen molar-refractivity contribution in [1.29, 1.82) is 0 Å². The van der Waals surface area contributed by atoms with Crippen LogP contribution in [-0.2, 0) is 11.2 Å². The fraction of sp³-hybridized carbons (Fsp3) is 0.381. The largest absolute Gasteiger partial charge is 0.334 e. The molecule has 28 heavy (non-hydrogen) atoms. The molecule has 1 aliphatic carbocycles. The molecule has 2 aromatic carbocycles. The van der Waals surface area contributed by atoms with E-state index in [2.05, 4.69) is 0 Å². The molecule has 2 aromatic rings. The van der Waals surface area contributed by atoms with Gasteiger partial charge in [-0.25, -0.2) is 17.6 Å². The van der Waals surface area contributed by atoms with Crippen LogP contribution in [0.5, 0.6) is 0 Å². The molecule has 1 heterocycles. The van der Waals surface area contributed by atoms with Gasteiger partial charge in [-0.2, -0.15) is 0 Å². The molecule has 0 aromatic heterocycles. The SMILES string of the molecule is NC1C(F)CN(C(=O)C2CC2)C1Cc1cccc(-c2cc(F)ccc2F)c1F. The minimum absolute atomic E-state index is 0.0106. The Morgan fingerprint density at radius 2 is 1.86 bits per heavy atom. The Labute approximate surface area is 160 Å². The molecule has 1 amide bonds. The van der Waals surface area contributed by atoms with Gasteiger partial charge in [-0.1, -0.05) is 18.2 Å². The Bertz CT molecular complexity index is 915. The maximum atomic E-state index is 15.1. The summed E-state index contributed by atoms with van der Waals surface area (Å²) in [6.45, 7) is -0.0962. The maximum Gasteiger partial charge on any atom is 0.226 e. The molecule has 2 fully saturated rings. The van der Waals surface area contributed by atoms with E-state index in [0.717, 1.165) is 31.0 Å². The second kappa shape index (κ2) is 7.20. The van der Waals surface area contributed by atoms with E-state index in [1.807, 2.05) is 0 Å². The topological polar surface area (TPSA) is 46.3 Å². The second-order valence-corrected chi connectivity index (χ2v) is 7.53. The summed E-state index contributed by atoms with van der Waals surface area (Å²) in [5.74, 6) is -2.39. The number of hydrogen-bond acceptors (Lipinski definition) is 2. The number of nitrogens with two attached hydrogens (primary N) is 1. The first kappa shape index (κ1) is 18.9. The van der Waals surface area contributed by atoms with Crippen molar-refractivity contribution >= 4 is 5.91 Å². The lowest BCUT2D eigenvalue weighted by Crippen LogP contribution is -2.45. The van der Waals surface area contributed by atoms with E-state index >= 15 is 4.39 Å². The fourth-order valence-electron chi connectivity index (χ4n) is 3.83. The van der Waals surface area contributed by atoms with Gasteiger partial charge in [0.1, 0.15) is 23.6 Å². The summed E-state index contributed by atoms with van der Waals surface area (Å²) in [5, 5.41) is 0. The number of hydrogen-bond donors (Lipinski definition) is 1. The summed E-state index contributed by atoms with van der Waals surface area (Å²) in [6, 6.07) is 5.61. The van der Waals surface area contributed by atoms with Gasteiger partial charge < -0.3 is 10.6 Å². The van der Waals surface area contributed by atoms with Crippen molar-refractivity contribution in [3.8, 4) is 11.1 Å². The Kier molecular flexibility index (Phi) is 4.87. The van der Waals surface area contributed by atoms with Crippen molar-refractivity contribution in [2.75, 3.05) is 6.54 Å². The molecule has 3 unspecified atom stereocenters. The second-order valence-electron chi connectivity index (χ2n) is 7.53. The highest BCUT2D eigenvalue weighted by molar-refractivity contribution is 5.82. The van der Waals surface area contributed by atoms with Crippen LogP contribution in [0.3, 0.4) is 0 Å². The highest BCUT2D eigenvalue weighted by Gasteiger charge is 2.46. The molecule has 3 atom stereocenters. The van der Waals surface area contributed by atoms with Crippen LogP contribution in [0.2, 0.25) is 0 Å². The maximum absolute atomic E-state index is 15.1. The van der Waals surface area contributed by atoms with Gasteiger partial charge in [-0.05, 0) is 43.0 Å². The first-order valence-corrected chi connectivity index (χ1v) is 9.29. The van der Waals surface area contributed by atoms with Crippen LogP contribution in [0.15, 0.2) is 36.4 Å². The number of amides is 1. The Morgan fingerprint density at radius 3 is 2.57 bits per heavy atom. The summed E-state index contributed by atoms with van der Waals surface area (Å²) in [7, 11) is 0. The molecule has 0 bridgehead atoms. The standard InChI is InChI=1S/C21H20F4N2O/c22-13-6-7-16(23)15(9-13)14-3-1-2-12(19(14)25)8-18-20(26)17(24)10-27(18)21(28)11-4-5-11/h1-3,6-7,9,11,17-18,20H,4-5,8,10,26H2. The molecule has 3 nitrogen and oxygen atoms in total. The van der Waals surface area contributed by atoms with Crippen LogP contribution in [0, 0.1) is 23.4 Å². The highest BCUT2D eigenvalue weighted by atomic mass is 19.1. The van der Waals surface area contributed by atoms with Gasteiger partial charge in [0.05, 0.1) is 18.6 Å². The lowest BCUT2D eigenvalue weighted by atomic mass is 9.95. The number of halogens is 4. The highest BCUT2D eigenvalue weighted by Crippen LogP contribution is 2.35. The van der Waals surface area contributed by atoms with E-state index in [1.54, 1.807) is 0 Å². The molecule has 7 heteroatoms. The van der Waals surface area contributed by atoms with Crippen molar-refractivity contribution in [2.24, 2.45) is 11.7 Å². The molecule has 0 radical (unpaired) electrons. The average molecular weight is 392 g/mol. The number of benzene rings is 2. The first-order chi connectivity index (χ1) is 13.4. The number of likely N-dealkylation sites (tertiary alicyclic amines) is 1. The predicted octanol–water partition coefficient (Wildman–Crippen LogP) is 3.60. The Balaban J connectivity index is 1.66. The molecule has 4 rings (SSSR count). The minimum Gasteiger partial charge on any atom is -0.334 e. The summed E-state index contributed by atoms with van der Waals surface area (Å²) >= 11 is 0. The molecule has 0 spiro atoms. The predicted molar refractivity (Wildman–Crippen MR) is 96.6 cm³/mol. The summed E-state index contributed by atoms with van der Waals surface area (Å²) < 4.78 is 56.9. The average Bonchev–Trinajstić information content (AvgIpc) is 3.48. The van der Waals surface area contributed by atoms with Gasteiger partial charge in [-0.3, -0.25) is 4.79 Å². The molecule has 1 aliphatic heterocycles. The number of carbonyl (C=O) groups excluding carboxylic acids is 1. The normalized spacial score (nSPS) is 24.6. The van der Waals surface area contributed by atoms with E-state index in [9.17, 15) is 18.0 Å². The summed E-state index contributed by atoms with van der Waals surface area (Å²) in [6.07, 6.45) is 0.185. The third kappa shape index (κ3) is 3.39. The van der Waals surface area contributed by atoms with Crippen molar-refractivity contribution < 1.29 is 22.4 Å². The third-order valence-corrected chi connectivity index (χ3v) is 5.57. The van der Waals surface area contributed by atoms with Gasteiger partial charge in [0, 0.05) is 17.0 Å². The van der Waals surface area contributed by atoms with Crippen LogP contribution in [0.4, 0.5) is 17.6 Å². The molecule has 2 N–H and O–H groups in total. The molecule has 1 saturated carbocycles. The number of nitrogens with zero attached hydrogens (tertiary/aromatic N) is 1. The van der Waals surface area contributed by atoms with Crippen LogP contribution in [0.1, 0.15) is 18.4 Å². The van der Waals surface area contributed by atoms with Gasteiger partial charge in [-0.15, -0.1) is 0 Å². The lowest BCUT2D eigenvalue weighted by molar-refractivity contribution is -0.133. The Morgan fingerprint density at radius 1 is 1.11 bits per heavy atom. The molecule has 1 saturated heterocycles. The zero-order chi connectivity index (χ0) is 20.0.